The second-order valence-corrected chi connectivity index (χ2v) is 10.9. The lowest BCUT2D eigenvalue weighted by molar-refractivity contribution is 0.0966. The van der Waals surface area contributed by atoms with Crippen molar-refractivity contribution < 1.29 is 18.7 Å². The number of methoxy groups -OCH3 is 1. The molecule has 192 valence electrons. The highest BCUT2D eigenvalue weighted by molar-refractivity contribution is 6.10. The van der Waals surface area contributed by atoms with Crippen LogP contribution in [0.15, 0.2) is 42.5 Å². The molecule has 0 unspecified atom stereocenters. The van der Waals surface area contributed by atoms with E-state index in [1.807, 2.05) is 12.1 Å². The summed E-state index contributed by atoms with van der Waals surface area (Å²) >= 11 is 0. The zero-order valence-electron chi connectivity index (χ0n) is 21.3. The minimum atomic E-state index is -0.726. The number of nitrogens with zero attached hydrogens (tertiary/aromatic N) is 4. The zero-order chi connectivity index (χ0) is 26.1. The number of ether oxygens (including phenoxy) is 1. The van der Waals surface area contributed by atoms with Crippen LogP contribution < -0.4 is 15.4 Å². The van der Waals surface area contributed by atoms with E-state index in [2.05, 4.69) is 36.2 Å². The molecule has 2 heterocycles. The normalized spacial score (nSPS) is 18.7. The van der Waals surface area contributed by atoms with Crippen LogP contribution in [-0.2, 0) is 10.8 Å². The number of primary amides is 1. The summed E-state index contributed by atoms with van der Waals surface area (Å²) in [5.74, 6) is -1.33. The van der Waals surface area contributed by atoms with Crippen molar-refractivity contribution in [2.24, 2.45) is 5.73 Å². The summed E-state index contributed by atoms with van der Waals surface area (Å²) in [5.41, 5.74) is 8.33. The van der Waals surface area contributed by atoms with Crippen LogP contribution in [0.3, 0.4) is 0 Å². The molecule has 0 saturated heterocycles. The molecule has 2 aromatic carbocycles. The van der Waals surface area contributed by atoms with Gasteiger partial charge in [-0.05, 0) is 69.6 Å². The predicted octanol–water partition coefficient (Wildman–Crippen LogP) is 3.40. The number of carbonyl (C=O) groups is 2. The lowest BCUT2D eigenvalue weighted by atomic mass is 9.87. The topological polar surface area (TPSA) is 93.7 Å². The van der Waals surface area contributed by atoms with Gasteiger partial charge in [-0.25, -0.2) is 9.07 Å². The number of nitrogens with two attached hydrogens (primary N) is 1. The van der Waals surface area contributed by atoms with E-state index in [1.54, 1.807) is 11.0 Å². The van der Waals surface area contributed by atoms with E-state index in [0.29, 0.717) is 17.9 Å². The Morgan fingerprint density at radius 3 is 2.38 bits per heavy atom. The van der Waals surface area contributed by atoms with Gasteiger partial charge in [0.25, 0.3) is 11.8 Å². The third-order valence-electron chi connectivity index (χ3n) is 8.06. The molecule has 1 aliphatic heterocycles. The Labute approximate surface area is 214 Å². The minimum Gasteiger partial charge on any atom is -0.497 e. The van der Waals surface area contributed by atoms with Crippen LogP contribution in [0.2, 0.25) is 0 Å². The molecule has 0 atom stereocenters. The van der Waals surface area contributed by atoms with Gasteiger partial charge in [-0.2, -0.15) is 5.10 Å². The molecule has 8 nitrogen and oxygen atoms in total. The fourth-order valence-corrected chi connectivity index (χ4v) is 5.89. The number of halogens is 1. The summed E-state index contributed by atoms with van der Waals surface area (Å²) in [6, 6.07) is 12.5. The quantitative estimate of drug-likeness (QED) is 0.534. The molecule has 2 fully saturated rings. The first-order valence-electron chi connectivity index (χ1n) is 12.5. The average molecular weight is 504 g/mol. The second-order valence-electron chi connectivity index (χ2n) is 10.9. The van der Waals surface area contributed by atoms with Crippen molar-refractivity contribution in [2.75, 3.05) is 39.2 Å². The maximum absolute atomic E-state index is 15.1. The summed E-state index contributed by atoms with van der Waals surface area (Å²) in [6.45, 7) is 1.42. The standard InChI is InChI=1S/C28H30FN5O3/c1-32(2)15-27(10-11-27)17-4-6-18(7-5-17)33-16-28(12-13-28)22-23(25(30)35)31-34(24(22)26(33)36)21-9-8-19(37-3)14-20(21)29/h4-9,14H,10-13,15-16H2,1-3H3,(H2,30,35). The van der Waals surface area contributed by atoms with Gasteiger partial charge in [-0.1, -0.05) is 12.1 Å². The number of hydrogen-bond donors (Lipinski definition) is 1. The third-order valence-corrected chi connectivity index (χ3v) is 8.06. The van der Waals surface area contributed by atoms with Gasteiger partial charge in [0.05, 0.1) is 7.11 Å². The average Bonchev–Trinajstić information content (AvgIpc) is 3.78. The molecule has 9 heteroatoms. The molecule has 0 bridgehead atoms. The van der Waals surface area contributed by atoms with E-state index >= 15 is 4.39 Å². The van der Waals surface area contributed by atoms with Crippen LogP contribution in [0.4, 0.5) is 10.1 Å². The number of hydrogen-bond acceptors (Lipinski definition) is 5. The zero-order valence-corrected chi connectivity index (χ0v) is 21.3. The van der Waals surface area contributed by atoms with Gasteiger partial charge in [0.1, 0.15) is 17.1 Å². The number of benzene rings is 2. The van der Waals surface area contributed by atoms with Crippen molar-refractivity contribution in [3.63, 3.8) is 0 Å². The van der Waals surface area contributed by atoms with Crippen LogP contribution in [0.5, 0.6) is 5.75 Å². The van der Waals surface area contributed by atoms with E-state index in [0.717, 1.165) is 37.9 Å². The number of carbonyl (C=O) groups excluding carboxylic acids is 2. The number of likely N-dealkylation sites (N-methyl/N-ethyl adjacent to an activating group) is 1. The van der Waals surface area contributed by atoms with Crippen molar-refractivity contribution in [3.8, 4) is 11.4 Å². The Morgan fingerprint density at radius 2 is 1.84 bits per heavy atom. The molecule has 2 aliphatic carbocycles. The van der Waals surface area contributed by atoms with Crippen molar-refractivity contribution >= 4 is 17.5 Å². The summed E-state index contributed by atoms with van der Waals surface area (Å²) in [5, 5.41) is 4.38. The Hall–Kier alpha value is -3.72. The van der Waals surface area contributed by atoms with Crippen LogP contribution >= 0.6 is 0 Å². The number of fused-ring (bicyclic) bond motifs is 2. The molecule has 2 saturated carbocycles. The molecule has 1 spiro atoms. The summed E-state index contributed by atoms with van der Waals surface area (Å²) in [7, 11) is 5.62. The van der Waals surface area contributed by atoms with E-state index in [4.69, 9.17) is 10.5 Å². The van der Waals surface area contributed by atoms with Crippen LogP contribution in [0.25, 0.3) is 5.69 Å². The van der Waals surface area contributed by atoms with Crippen molar-refractivity contribution in [2.45, 2.75) is 36.5 Å². The van der Waals surface area contributed by atoms with Gasteiger partial charge in [0, 0.05) is 41.2 Å². The maximum Gasteiger partial charge on any atom is 0.277 e. The number of anilines is 1. The Bertz CT molecular complexity index is 1420. The minimum absolute atomic E-state index is 0.0328. The molecule has 37 heavy (non-hydrogen) atoms. The van der Waals surface area contributed by atoms with Gasteiger partial charge in [-0.3, -0.25) is 9.59 Å². The fraction of sp³-hybridized carbons (Fsp3) is 0.393. The first-order chi connectivity index (χ1) is 17.7. The van der Waals surface area contributed by atoms with Crippen LogP contribution in [0, 0.1) is 5.82 Å². The molecule has 2 N–H and O–H groups in total. The van der Waals surface area contributed by atoms with Crippen molar-refractivity contribution in [1.82, 2.24) is 14.7 Å². The van der Waals surface area contributed by atoms with Gasteiger partial charge in [-0.15, -0.1) is 0 Å². The highest BCUT2D eigenvalue weighted by Gasteiger charge is 2.56. The molecule has 1 aromatic heterocycles. The molecule has 2 amide bonds. The molecular formula is C28H30FN5O3. The van der Waals surface area contributed by atoms with Gasteiger partial charge >= 0.3 is 0 Å². The first kappa shape index (κ1) is 23.7. The molecule has 3 aliphatic rings. The Kier molecular flexibility index (Phi) is 5.21. The highest BCUT2D eigenvalue weighted by Crippen LogP contribution is 2.55. The van der Waals surface area contributed by atoms with Crippen LogP contribution in [0.1, 0.15) is 57.8 Å². The lowest BCUT2D eigenvalue weighted by Gasteiger charge is -2.34. The second kappa shape index (κ2) is 8.14. The maximum atomic E-state index is 15.1. The van der Waals surface area contributed by atoms with Gasteiger partial charge < -0.3 is 20.3 Å². The van der Waals surface area contributed by atoms with E-state index < -0.39 is 17.1 Å². The van der Waals surface area contributed by atoms with Crippen LogP contribution in [-0.4, -0.2) is 60.8 Å². The number of amides is 2. The molecule has 6 rings (SSSR count). The number of rotatable bonds is 7. The fourth-order valence-electron chi connectivity index (χ4n) is 5.89. The number of aromatic nitrogens is 2. The third kappa shape index (κ3) is 3.71. The Balaban J connectivity index is 1.43. The largest absolute Gasteiger partial charge is 0.497 e. The predicted molar refractivity (Wildman–Crippen MR) is 137 cm³/mol. The molecular weight excluding hydrogens is 473 g/mol. The van der Waals surface area contributed by atoms with E-state index in [1.165, 1.54) is 29.5 Å². The molecule has 3 aromatic rings. The van der Waals surface area contributed by atoms with Gasteiger partial charge in [0.2, 0.25) is 0 Å². The lowest BCUT2D eigenvalue weighted by Crippen LogP contribution is -2.45. The summed E-state index contributed by atoms with van der Waals surface area (Å²) in [4.78, 5) is 30.3. The van der Waals surface area contributed by atoms with Crippen molar-refractivity contribution in [3.05, 3.63) is 70.8 Å². The van der Waals surface area contributed by atoms with Crippen molar-refractivity contribution in [1.29, 1.82) is 0 Å². The summed E-state index contributed by atoms with van der Waals surface area (Å²) < 4.78 is 21.5. The molecule has 0 radical (unpaired) electrons. The van der Waals surface area contributed by atoms with E-state index in [-0.39, 0.29) is 28.4 Å². The SMILES string of the molecule is COc1ccc(-n2nc(C(N)=O)c3c2C(=O)N(c2ccc(C4(CN(C)C)CC4)cc2)CC32CC2)c(F)c1. The Morgan fingerprint density at radius 1 is 1.14 bits per heavy atom. The first-order valence-corrected chi connectivity index (χ1v) is 12.5. The van der Waals surface area contributed by atoms with E-state index in [9.17, 15) is 9.59 Å². The smallest absolute Gasteiger partial charge is 0.277 e. The monoisotopic (exact) mass is 503 g/mol. The highest BCUT2D eigenvalue weighted by atomic mass is 19.1. The summed E-state index contributed by atoms with van der Waals surface area (Å²) in [6.07, 6.45) is 3.90. The van der Waals surface area contributed by atoms with Gasteiger partial charge in [0.15, 0.2) is 11.5 Å².